The van der Waals surface area contributed by atoms with Crippen molar-refractivity contribution in [3.63, 3.8) is 0 Å². The van der Waals surface area contributed by atoms with E-state index in [0.717, 1.165) is 18.5 Å². The second-order valence-electron chi connectivity index (χ2n) is 4.15. The summed E-state index contributed by atoms with van der Waals surface area (Å²) in [5.41, 5.74) is 6.44. The topological polar surface area (TPSA) is 50.9 Å². The molecule has 0 aliphatic carbocycles. The van der Waals surface area contributed by atoms with E-state index in [0.29, 0.717) is 0 Å². The smallest absolute Gasteiger partial charge is 0.0635 e. The number of aromatic nitrogens is 1. The lowest BCUT2D eigenvalue weighted by molar-refractivity contribution is 0.504. The number of pyridine rings is 1. The third-order valence-corrected chi connectivity index (χ3v) is 3.53. The van der Waals surface area contributed by atoms with Crippen LogP contribution in [0.5, 0.6) is 0 Å². The molecule has 0 aliphatic heterocycles. The maximum absolute atomic E-state index is 5.61. The van der Waals surface area contributed by atoms with E-state index in [4.69, 9.17) is 5.84 Å². The number of thiophene rings is 1. The van der Waals surface area contributed by atoms with Gasteiger partial charge in [-0.15, -0.1) is 0 Å². The van der Waals surface area contributed by atoms with Crippen LogP contribution in [0.4, 0.5) is 0 Å². The molecule has 3 nitrogen and oxygen atoms in total. The molecule has 2 aromatic rings. The van der Waals surface area contributed by atoms with Gasteiger partial charge < -0.3 is 0 Å². The molecule has 0 saturated carbocycles. The normalized spacial score (nSPS) is 12.6. The molecule has 90 valence electrons. The fourth-order valence-electron chi connectivity index (χ4n) is 1.81. The molecule has 0 fully saturated rings. The zero-order chi connectivity index (χ0) is 12.1. The molecule has 0 aliphatic rings. The maximum Gasteiger partial charge on any atom is 0.0635 e. The van der Waals surface area contributed by atoms with Gasteiger partial charge in [-0.1, -0.05) is 0 Å². The fourth-order valence-corrected chi connectivity index (χ4v) is 2.52. The molecular formula is C13H17N3S. The highest BCUT2D eigenvalue weighted by molar-refractivity contribution is 7.07. The van der Waals surface area contributed by atoms with E-state index in [1.807, 2.05) is 12.3 Å². The van der Waals surface area contributed by atoms with Gasteiger partial charge in [-0.2, -0.15) is 11.3 Å². The first kappa shape index (κ1) is 12.2. The van der Waals surface area contributed by atoms with Gasteiger partial charge in [-0.05, 0) is 59.9 Å². The third-order valence-electron chi connectivity index (χ3n) is 2.80. The molecule has 0 spiro atoms. The van der Waals surface area contributed by atoms with E-state index >= 15 is 0 Å². The third kappa shape index (κ3) is 3.36. The van der Waals surface area contributed by atoms with E-state index in [-0.39, 0.29) is 6.04 Å². The van der Waals surface area contributed by atoms with Gasteiger partial charge in [0, 0.05) is 6.20 Å². The average molecular weight is 247 g/mol. The minimum Gasteiger partial charge on any atom is -0.271 e. The molecule has 1 atom stereocenters. The standard InChI is InChI=1S/C13H17N3S/c1-10-4-6-15-13(8-10)12(16-14)3-2-11-5-7-17-9-11/h4-9,12,16H,2-3,14H2,1H3. The Labute approximate surface area is 106 Å². The molecule has 0 amide bonds. The van der Waals surface area contributed by atoms with Crippen molar-refractivity contribution >= 4 is 11.3 Å². The van der Waals surface area contributed by atoms with Gasteiger partial charge in [-0.25, -0.2) is 0 Å². The molecule has 4 heteroatoms. The Kier molecular flexibility index (Phi) is 4.25. The lowest BCUT2D eigenvalue weighted by Gasteiger charge is -2.15. The first-order chi connectivity index (χ1) is 8.29. The summed E-state index contributed by atoms with van der Waals surface area (Å²) >= 11 is 1.73. The van der Waals surface area contributed by atoms with Gasteiger partial charge in [0.05, 0.1) is 11.7 Å². The number of rotatable bonds is 5. The van der Waals surface area contributed by atoms with Crippen molar-refractivity contribution in [2.24, 2.45) is 5.84 Å². The van der Waals surface area contributed by atoms with Crippen molar-refractivity contribution in [2.75, 3.05) is 0 Å². The van der Waals surface area contributed by atoms with E-state index in [9.17, 15) is 0 Å². The Hall–Kier alpha value is -1.23. The van der Waals surface area contributed by atoms with E-state index in [2.05, 4.69) is 40.2 Å². The van der Waals surface area contributed by atoms with E-state index in [1.54, 1.807) is 11.3 Å². The van der Waals surface area contributed by atoms with Crippen molar-refractivity contribution < 1.29 is 0 Å². The predicted octanol–water partition coefficient (Wildman–Crippen LogP) is 2.59. The van der Waals surface area contributed by atoms with Gasteiger partial charge in [0.25, 0.3) is 0 Å². The molecule has 0 bridgehead atoms. The molecule has 0 saturated heterocycles. The molecule has 2 aromatic heterocycles. The minimum atomic E-state index is 0.120. The Morgan fingerprint density at radius 3 is 3.00 bits per heavy atom. The molecule has 0 aromatic carbocycles. The molecule has 3 N–H and O–H groups in total. The van der Waals surface area contributed by atoms with Crippen LogP contribution >= 0.6 is 11.3 Å². The van der Waals surface area contributed by atoms with Gasteiger partial charge in [0.15, 0.2) is 0 Å². The lowest BCUT2D eigenvalue weighted by atomic mass is 10.0. The highest BCUT2D eigenvalue weighted by Gasteiger charge is 2.11. The summed E-state index contributed by atoms with van der Waals surface area (Å²) < 4.78 is 0. The van der Waals surface area contributed by atoms with Crippen LogP contribution in [0, 0.1) is 6.92 Å². The zero-order valence-electron chi connectivity index (χ0n) is 9.89. The molecule has 2 heterocycles. The quantitative estimate of drug-likeness (QED) is 0.630. The Morgan fingerprint density at radius 2 is 2.35 bits per heavy atom. The van der Waals surface area contributed by atoms with Crippen LogP contribution in [-0.4, -0.2) is 4.98 Å². The zero-order valence-corrected chi connectivity index (χ0v) is 10.7. The number of hydrogen-bond donors (Lipinski definition) is 2. The Bertz CT molecular complexity index is 453. The van der Waals surface area contributed by atoms with Crippen LogP contribution in [0.15, 0.2) is 35.2 Å². The molecule has 1 unspecified atom stereocenters. The van der Waals surface area contributed by atoms with Crippen LogP contribution in [0.1, 0.15) is 29.3 Å². The first-order valence-electron chi connectivity index (χ1n) is 5.69. The first-order valence-corrected chi connectivity index (χ1v) is 6.63. The van der Waals surface area contributed by atoms with Gasteiger partial charge >= 0.3 is 0 Å². The van der Waals surface area contributed by atoms with E-state index in [1.165, 1.54) is 11.1 Å². The van der Waals surface area contributed by atoms with Crippen LogP contribution in [0.3, 0.4) is 0 Å². The number of nitrogens with two attached hydrogens (primary N) is 1. The highest BCUT2D eigenvalue weighted by atomic mass is 32.1. The van der Waals surface area contributed by atoms with Crippen molar-refractivity contribution in [2.45, 2.75) is 25.8 Å². The maximum atomic E-state index is 5.61. The number of nitrogens with zero attached hydrogens (tertiary/aromatic N) is 1. The molecular weight excluding hydrogens is 230 g/mol. The van der Waals surface area contributed by atoms with Crippen LogP contribution in [0.2, 0.25) is 0 Å². The number of hydrazine groups is 1. The average Bonchev–Trinajstić information content (AvgIpc) is 2.83. The lowest BCUT2D eigenvalue weighted by Crippen LogP contribution is -2.29. The van der Waals surface area contributed by atoms with Crippen LogP contribution in [0.25, 0.3) is 0 Å². The largest absolute Gasteiger partial charge is 0.271 e. The van der Waals surface area contributed by atoms with Gasteiger partial charge in [0.1, 0.15) is 0 Å². The van der Waals surface area contributed by atoms with Gasteiger partial charge in [0.2, 0.25) is 0 Å². The SMILES string of the molecule is Cc1ccnc(C(CCc2ccsc2)NN)c1. The van der Waals surface area contributed by atoms with Gasteiger partial charge in [-0.3, -0.25) is 16.3 Å². The Morgan fingerprint density at radius 1 is 1.47 bits per heavy atom. The second kappa shape index (κ2) is 5.91. The summed E-state index contributed by atoms with van der Waals surface area (Å²) in [5.74, 6) is 5.61. The Balaban J connectivity index is 2.01. The minimum absolute atomic E-state index is 0.120. The van der Waals surface area contributed by atoms with Crippen molar-refractivity contribution in [3.8, 4) is 0 Å². The summed E-state index contributed by atoms with van der Waals surface area (Å²) in [5, 5.41) is 4.28. The predicted molar refractivity (Wildman–Crippen MR) is 71.7 cm³/mol. The number of aryl methyl sites for hydroxylation is 2. The van der Waals surface area contributed by atoms with Crippen molar-refractivity contribution in [3.05, 3.63) is 52.0 Å². The molecule has 0 radical (unpaired) electrons. The molecule has 17 heavy (non-hydrogen) atoms. The number of hydrogen-bond acceptors (Lipinski definition) is 4. The number of nitrogens with one attached hydrogen (secondary N) is 1. The second-order valence-corrected chi connectivity index (χ2v) is 4.93. The monoisotopic (exact) mass is 247 g/mol. The highest BCUT2D eigenvalue weighted by Crippen LogP contribution is 2.18. The summed E-state index contributed by atoms with van der Waals surface area (Å²) in [6.07, 6.45) is 3.82. The summed E-state index contributed by atoms with van der Waals surface area (Å²) in [6, 6.07) is 6.35. The van der Waals surface area contributed by atoms with E-state index < -0.39 is 0 Å². The summed E-state index contributed by atoms with van der Waals surface area (Å²) in [6.45, 7) is 2.07. The summed E-state index contributed by atoms with van der Waals surface area (Å²) in [7, 11) is 0. The van der Waals surface area contributed by atoms with Crippen LogP contribution in [-0.2, 0) is 6.42 Å². The fraction of sp³-hybridized carbons (Fsp3) is 0.308. The molecule has 2 rings (SSSR count). The van der Waals surface area contributed by atoms with Crippen LogP contribution < -0.4 is 11.3 Å². The van der Waals surface area contributed by atoms with Crippen molar-refractivity contribution in [1.82, 2.24) is 10.4 Å². The van der Waals surface area contributed by atoms with Crippen molar-refractivity contribution in [1.29, 1.82) is 0 Å². The summed E-state index contributed by atoms with van der Waals surface area (Å²) in [4.78, 5) is 4.37.